The van der Waals surface area contributed by atoms with E-state index in [1.165, 1.54) is 0 Å². The molecule has 2 aliphatic carbocycles. The van der Waals surface area contributed by atoms with E-state index >= 15 is 0 Å². The highest BCUT2D eigenvalue weighted by Crippen LogP contribution is 1.97. The fraction of sp³-hybridized carbons (Fsp3) is 0.333. The van der Waals surface area contributed by atoms with E-state index in [1.807, 2.05) is 0 Å². The summed E-state index contributed by atoms with van der Waals surface area (Å²) in [4.78, 5) is 0. The Kier molecular flexibility index (Phi) is 5.02. The molecular weight excluding hydrogens is 144 g/mol. The van der Waals surface area contributed by atoms with Crippen molar-refractivity contribution in [2.75, 3.05) is 0 Å². The van der Waals surface area contributed by atoms with Crippen LogP contribution in [0.1, 0.15) is 25.7 Å². The van der Waals surface area contributed by atoms with Crippen LogP contribution in [0.25, 0.3) is 0 Å². The molecule has 12 heavy (non-hydrogen) atoms. The Balaban J connectivity index is 0.000000120. The van der Waals surface area contributed by atoms with Crippen molar-refractivity contribution in [1.82, 2.24) is 0 Å². The van der Waals surface area contributed by atoms with Crippen LogP contribution in [0.4, 0.5) is 0 Å². The molecule has 0 amide bonds. The molecule has 0 heterocycles. The zero-order valence-electron chi connectivity index (χ0n) is 7.45. The van der Waals surface area contributed by atoms with E-state index in [0.29, 0.717) is 0 Å². The molecule has 0 unspecified atom stereocenters. The highest BCUT2D eigenvalue weighted by molar-refractivity contribution is 5.02. The summed E-state index contributed by atoms with van der Waals surface area (Å²) < 4.78 is 0. The standard InChI is InChI=1S/2C6H8/c2*1-2-4-6-5-3-1/h2*1-2,5-6H,3-4H2. The van der Waals surface area contributed by atoms with E-state index in [9.17, 15) is 0 Å². The van der Waals surface area contributed by atoms with Crippen LogP contribution in [0.2, 0.25) is 0 Å². The Morgan fingerprint density at radius 3 is 0.583 bits per heavy atom. The Morgan fingerprint density at radius 1 is 0.333 bits per heavy atom. The quantitative estimate of drug-likeness (QED) is 0.473. The number of rotatable bonds is 0. The van der Waals surface area contributed by atoms with Gasteiger partial charge in [0.25, 0.3) is 0 Å². The number of allylic oxidation sites excluding steroid dienone is 8. The molecule has 0 nitrogen and oxygen atoms in total. The monoisotopic (exact) mass is 160 g/mol. The number of hydrogen-bond donors (Lipinski definition) is 0. The van der Waals surface area contributed by atoms with Gasteiger partial charge in [0, 0.05) is 0 Å². The third-order valence-corrected chi connectivity index (χ3v) is 1.76. The average Bonchev–Trinajstić information content (AvgIpc) is 2.24. The Morgan fingerprint density at radius 2 is 0.500 bits per heavy atom. The van der Waals surface area contributed by atoms with Gasteiger partial charge in [-0.15, -0.1) is 0 Å². The van der Waals surface area contributed by atoms with Gasteiger partial charge in [-0.25, -0.2) is 0 Å². The topological polar surface area (TPSA) is 0 Å². The third-order valence-electron chi connectivity index (χ3n) is 1.76. The SMILES string of the molecule is C1=CCC=CC1.C1=CCC=CC1. The van der Waals surface area contributed by atoms with Gasteiger partial charge >= 0.3 is 0 Å². The number of hydrogen-bond acceptors (Lipinski definition) is 0. The molecule has 0 bridgehead atoms. The van der Waals surface area contributed by atoms with E-state index in [-0.39, 0.29) is 0 Å². The van der Waals surface area contributed by atoms with Crippen molar-refractivity contribution in [3.05, 3.63) is 48.6 Å². The maximum atomic E-state index is 2.18. The van der Waals surface area contributed by atoms with Crippen LogP contribution < -0.4 is 0 Å². The summed E-state index contributed by atoms with van der Waals surface area (Å²) in [6, 6.07) is 0. The van der Waals surface area contributed by atoms with Crippen molar-refractivity contribution in [2.45, 2.75) is 25.7 Å². The van der Waals surface area contributed by atoms with E-state index in [0.717, 1.165) is 25.7 Å². The van der Waals surface area contributed by atoms with Gasteiger partial charge in [-0.2, -0.15) is 0 Å². The van der Waals surface area contributed by atoms with Gasteiger partial charge in [-0.3, -0.25) is 0 Å². The van der Waals surface area contributed by atoms with Crippen molar-refractivity contribution in [1.29, 1.82) is 0 Å². The van der Waals surface area contributed by atoms with E-state index in [2.05, 4.69) is 48.6 Å². The molecule has 0 fully saturated rings. The highest BCUT2D eigenvalue weighted by atomic mass is 13.8. The normalized spacial score (nSPS) is 18.7. The Hall–Kier alpha value is -1.04. The molecule has 0 saturated heterocycles. The molecular formula is C12H16. The molecule has 0 aromatic heterocycles. The first-order chi connectivity index (χ1) is 6.00. The largest absolute Gasteiger partial charge is 0.0844 e. The van der Waals surface area contributed by atoms with Gasteiger partial charge in [0.15, 0.2) is 0 Å². The minimum absolute atomic E-state index is 1.14. The van der Waals surface area contributed by atoms with Crippen LogP contribution in [-0.4, -0.2) is 0 Å². The third kappa shape index (κ3) is 4.73. The van der Waals surface area contributed by atoms with Crippen LogP contribution in [0.3, 0.4) is 0 Å². The van der Waals surface area contributed by atoms with Crippen LogP contribution in [0, 0.1) is 0 Å². The molecule has 2 aliphatic rings. The van der Waals surface area contributed by atoms with Gasteiger partial charge in [-0.1, -0.05) is 48.6 Å². The zero-order valence-corrected chi connectivity index (χ0v) is 7.45. The van der Waals surface area contributed by atoms with Crippen molar-refractivity contribution < 1.29 is 0 Å². The van der Waals surface area contributed by atoms with E-state index in [4.69, 9.17) is 0 Å². The molecule has 0 heteroatoms. The molecule has 0 atom stereocenters. The molecule has 64 valence electrons. The summed E-state index contributed by atoms with van der Waals surface area (Å²) in [5.74, 6) is 0. The smallest absolute Gasteiger partial charge is 0.0169 e. The Labute approximate surface area is 75.0 Å². The fourth-order valence-corrected chi connectivity index (χ4v) is 1.08. The zero-order chi connectivity index (χ0) is 8.49. The predicted molar refractivity (Wildman–Crippen MR) is 55.0 cm³/mol. The molecule has 0 aliphatic heterocycles. The van der Waals surface area contributed by atoms with Gasteiger partial charge in [0.1, 0.15) is 0 Å². The van der Waals surface area contributed by atoms with Crippen LogP contribution in [-0.2, 0) is 0 Å². The van der Waals surface area contributed by atoms with Crippen molar-refractivity contribution in [3.63, 3.8) is 0 Å². The minimum Gasteiger partial charge on any atom is -0.0844 e. The highest BCUT2D eigenvalue weighted by Gasteiger charge is 1.76. The second-order valence-electron chi connectivity index (χ2n) is 2.83. The summed E-state index contributed by atoms with van der Waals surface area (Å²) in [6.07, 6.45) is 22.0. The summed E-state index contributed by atoms with van der Waals surface area (Å²) in [7, 11) is 0. The van der Waals surface area contributed by atoms with Crippen molar-refractivity contribution in [2.24, 2.45) is 0 Å². The predicted octanol–water partition coefficient (Wildman–Crippen LogP) is 3.79. The minimum atomic E-state index is 1.14. The second-order valence-corrected chi connectivity index (χ2v) is 2.83. The summed E-state index contributed by atoms with van der Waals surface area (Å²) >= 11 is 0. The molecule has 0 saturated carbocycles. The fourth-order valence-electron chi connectivity index (χ4n) is 1.08. The molecule has 0 aromatic carbocycles. The van der Waals surface area contributed by atoms with Crippen molar-refractivity contribution >= 4 is 0 Å². The first kappa shape index (κ1) is 9.05. The van der Waals surface area contributed by atoms with Gasteiger partial charge in [0.2, 0.25) is 0 Å². The maximum Gasteiger partial charge on any atom is -0.0169 e. The maximum absolute atomic E-state index is 2.18. The first-order valence-electron chi connectivity index (χ1n) is 4.60. The molecule has 0 aromatic rings. The molecule has 0 N–H and O–H groups in total. The van der Waals surface area contributed by atoms with Crippen LogP contribution in [0.5, 0.6) is 0 Å². The summed E-state index contributed by atoms with van der Waals surface area (Å²) in [5, 5.41) is 0. The Bertz CT molecular complexity index is 140. The molecule has 0 radical (unpaired) electrons. The van der Waals surface area contributed by atoms with Gasteiger partial charge < -0.3 is 0 Å². The average molecular weight is 160 g/mol. The lowest BCUT2D eigenvalue weighted by Crippen LogP contribution is -1.66. The van der Waals surface area contributed by atoms with Crippen molar-refractivity contribution in [3.8, 4) is 0 Å². The summed E-state index contributed by atoms with van der Waals surface area (Å²) in [6.45, 7) is 0. The lowest BCUT2D eigenvalue weighted by molar-refractivity contribution is 1.23. The lowest BCUT2D eigenvalue weighted by atomic mass is 10.2. The van der Waals surface area contributed by atoms with Crippen LogP contribution >= 0.6 is 0 Å². The summed E-state index contributed by atoms with van der Waals surface area (Å²) in [5.41, 5.74) is 0. The molecule has 2 rings (SSSR count). The molecule has 0 spiro atoms. The van der Waals surface area contributed by atoms with Crippen LogP contribution in [0.15, 0.2) is 48.6 Å². The van der Waals surface area contributed by atoms with E-state index < -0.39 is 0 Å². The first-order valence-corrected chi connectivity index (χ1v) is 4.60. The van der Waals surface area contributed by atoms with Gasteiger partial charge in [-0.05, 0) is 25.7 Å². The lowest BCUT2D eigenvalue weighted by Gasteiger charge is -1.87. The van der Waals surface area contributed by atoms with Gasteiger partial charge in [0.05, 0.1) is 0 Å². The van der Waals surface area contributed by atoms with E-state index in [1.54, 1.807) is 0 Å². The second kappa shape index (κ2) is 6.66.